The average Bonchev–Trinajstić information content (AvgIpc) is 2.26. The van der Waals surface area contributed by atoms with Gasteiger partial charge >= 0.3 is 0 Å². The Bertz CT molecular complexity index is 169. The van der Waals surface area contributed by atoms with E-state index in [4.69, 9.17) is 10.8 Å². The first-order valence-electron chi connectivity index (χ1n) is 6.00. The van der Waals surface area contributed by atoms with E-state index in [1.54, 1.807) is 0 Å². The largest absolute Gasteiger partial charge is 0.514 e. The maximum Gasteiger partial charge on any atom is 0.101 e. The molecular formula is C12H25NO2. The van der Waals surface area contributed by atoms with E-state index in [0.29, 0.717) is 6.42 Å². The number of unbranched alkanes of at least 4 members (excludes halogenated alkanes) is 6. The molecule has 0 fully saturated rings. The van der Waals surface area contributed by atoms with Gasteiger partial charge in [0.2, 0.25) is 0 Å². The Labute approximate surface area is 93.0 Å². The van der Waals surface area contributed by atoms with Gasteiger partial charge in [0.05, 0.1) is 11.8 Å². The average molecular weight is 215 g/mol. The second-order valence-electron chi connectivity index (χ2n) is 4.05. The first-order chi connectivity index (χ1) is 7.22. The Morgan fingerprint density at radius 2 is 1.67 bits per heavy atom. The molecule has 0 aliphatic heterocycles. The van der Waals surface area contributed by atoms with Crippen LogP contribution in [0.1, 0.15) is 58.3 Å². The van der Waals surface area contributed by atoms with E-state index in [0.717, 1.165) is 19.1 Å². The molecule has 0 aliphatic rings. The lowest BCUT2D eigenvalue weighted by molar-refractivity contribution is 0.190. The maximum atomic E-state index is 9.41. The van der Waals surface area contributed by atoms with E-state index in [9.17, 15) is 5.11 Å². The summed E-state index contributed by atoms with van der Waals surface area (Å²) in [5.41, 5.74) is 5.53. The zero-order valence-electron chi connectivity index (χ0n) is 9.78. The molecule has 0 aromatic rings. The molecule has 0 aromatic heterocycles. The van der Waals surface area contributed by atoms with Crippen LogP contribution in [0, 0.1) is 0 Å². The molecule has 0 radical (unpaired) electrons. The lowest BCUT2D eigenvalue weighted by atomic mass is 10.1. The Morgan fingerprint density at radius 1 is 1.13 bits per heavy atom. The maximum absolute atomic E-state index is 9.41. The standard InChI is InChI=1S/C12H25NO2/c1-2-3-4-5-6-7-8-9-12(15)11(13)10-14/h10,12,14-15H,2-9,13H2,1H3. The third-order valence-electron chi connectivity index (χ3n) is 2.61. The Morgan fingerprint density at radius 3 is 2.20 bits per heavy atom. The number of hydrogen-bond donors (Lipinski definition) is 3. The highest BCUT2D eigenvalue weighted by Gasteiger charge is 2.06. The van der Waals surface area contributed by atoms with Crippen molar-refractivity contribution in [2.24, 2.45) is 5.73 Å². The lowest BCUT2D eigenvalue weighted by Crippen LogP contribution is -2.17. The third-order valence-corrected chi connectivity index (χ3v) is 2.61. The summed E-state index contributed by atoms with van der Waals surface area (Å²) in [6, 6.07) is 0. The fraction of sp³-hybridized carbons (Fsp3) is 0.833. The molecule has 0 heterocycles. The van der Waals surface area contributed by atoms with Crippen molar-refractivity contribution in [3.63, 3.8) is 0 Å². The van der Waals surface area contributed by atoms with E-state index in [-0.39, 0.29) is 5.70 Å². The second kappa shape index (κ2) is 9.84. The fourth-order valence-corrected chi connectivity index (χ4v) is 1.55. The Hall–Kier alpha value is -0.700. The summed E-state index contributed by atoms with van der Waals surface area (Å²) < 4.78 is 0. The second-order valence-corrected chi connectivity index (χ2v) is 4.05. The number of aliphatic hydroxyl groups excluding tert-OH is 2. The molecule has 1 unspecified atom stereocenters. The minimum absolute atomic E-state index is 0.168. The van der Waals surface area contributed by atoms with Crippen LogP contribution in [0.3, 0.4) is 0 Å². The summed E-state index contributed by atoms with van der Waals surface area (Å²) in [7, 11) is 0. The van der Waals surface area contributed by atoms with Gasteiger partial charge in [-0.05, 0) is 6.42 Å². The molecule has 0 amide bonds. The summed E-state index contributed by atoms with van der Waals surface area (Å²) in [6.45, 7) is 2.21. The molecule has 0 aromatic carbocycles. The minimum atomic E-state index is -0.675. The highest BCUT2D eigenvalue weighted by atomic mass is 16.3. The summed E-state index contributed by atoms with van der Waals surface area (Å²) in [5, 5.41) is 18.0. The van der Waals surface area contributed by atoms with Gasteiger partial charge in [0, 0.05) is 0 Å². The van der Waals surface area contributed by atoms with Crippen molar-refractivity contribution >= 4 is 0 Å². The summed E-state index contributed by atoms with van der Waals surface area (Å²) in [5.74, 6) is 0. The monoisotopic (exact) mass is 215 g/mol. The van der Waals surface area contributed by atoms with Gasteiger partial charge in [-0.2, -0.15) is 0 Å². The normalized spacial score (nSPS) is 14.1. The van der Waals surface area contributed by atoms with Gasteiger partial charge in [-0.15, -0.1) is 0 Å². The number of hydrogen-bond acceptors (Lipinski definition) is 3. The molecule has 15 heavy (non-hydrogen) atoms. The summed E-state index contributed by atoms with van der Waals surface area (Å²) in [6.07, 6.45) is 9.30. The highest BCUT2D eigenvalue weighted by Crippen LogP contribution is 2.11. The van der Waals surface area contributed by atoms with Crippen LogP contribution in [-0.2, 0) is 0 Å². The number of rotatable bonds is 9. The van der Waals surface area contributed by atoms with Crippen LogP contribution in [0.25, 0.3) is 0 Å². The Balaban J connectivity index is 3.24. The van der Waals surface area contributed by atoms with Crippen LogP contribution < -0.4 is 5.73 Å². The van der Waals surface area contributed by atoms with E-state index >= 15 is 0 Å². The van der Waals surface area contributed by atoms with Gasteiger partial charge in [-0.3, -0.25) is 0 Å². The molecule has 1 atom stereocenters. The topological polar surface area (TPSA) is 66.5 Å². The molecule has 0 saturated heterocycles. The van der Waals surface area contributed by atoms with Gasteiger partial charge < -0.3 is 15.9 Å². The van der Waals surface area contributed by atoms with Crippen molar-refractivity contribution in [2.45, 2.75) is 64.4 Å². The number of nitrogens with two attached hydrogens (primary N) is 1. The molecule has 0 spiro atoms. The van der Waals surface area contributed by atoms with Crippen LogP contribution in [0.5, 0.6) is 0 Å². The predicted molar refractivity (Wildman–Crippen MR) is 63.5 cm³/mol. The number of aliphatic hydroxyl groups is 2. The summed E-state index contributed by atoms with van der Waals surface area (Å²) >= 11 is 0. The van der Waals surface area contributed by atoms with Crippen molar-refractivity contribution in [1.29, 1.82) is 0 Å². The Kier molecular flexibility index (Phi) is 9.38. The van der Waals surface area contributed by atoms with E-state index in [1.165, 1.54) is 32.1 Å². The van der Waals surface area contributed by atoms with Gasteiger partial charge in [0.15, 0.2) is 0 Å². The quantitative estimate of drug-likeness (QED) is 0.409. The van der Waals surface area contributed by atoms with E-state index < -0.39 is 6.10 Å². The van der Waals surface area contributed by atoms with Gasteiger partial charge in [-0.25, -0.2) is 0 Å². The third kappa shape index (κ3) is 8.30. The fourth-order valence-electron chi connectivity index (χ4n) is 1.55. The van der Waals surface area contributed by atoms with Gasteiger partial charge in [-0.1, -0.05) is 51.9 Å². The molecule has 90 valence electrons. The molecule has 0 rings (SSSR count). The van der Waals surface area contributed by atoms with E-state index in [2.05, 4.69) is 6.92 Å². The highest BCUT2D eigenvalue weighted by molar-refractivity contribution is 4.97. The van der Waals surface area contributed by atoms with Crippen LogP contribution >= 0.6 is 0 Å². The van der Waals surface area contributed by atoms with Crippen LogP contribution in [0.4, 0.5) is 0 Å². The predicted octanol–water partition coefficient (Wildman–Crippen LogP) is 2.85. The first kappa shape index (κ1) is 14.3. The molecule has 0 saturated carbocycles. The smallest absolute Gasteiger partial charge is 0.101 e. The van der Waals surface area contributed by atoms with Crippen molar-refractivity contribution in [3.05, 3.63) is 12.0 Å². The van der Waals surface area contributed by atoms with Crippen molar-refractivity contribution < 1.29 is 10.2 Å². The van der Waals surface area contributed by atoms with Crippen molar-refractivity contribution in [2.75, 3.05) is 0 Å². The van der Waals surface area contributed by atoms with Crippen molar-refractivity contribution in [1.82, 2.24) is 0 Å². The molecular weight excluding hydrogens is 190 g/mol. The van der Waals surface area contributed by atoms with Crippen LogP contribution in [0.15, 0.2) is 12.0 Å². The van der Waals surface area contributed by atoms with Gasteiger partial charge in [0.25, 0.3) is 0 Å². The van der Waals surface area contributed by atoms with Crippen LogP contribution in [-0.4, -0.2) is 16.3 Å². The molecule has 0 aliphatic carbocycles. The molecule has 3 heteroatoms. The van der Waals surface area contributed by atoms with E-state index in [1.807, 2.05) is 0 Å². The zero-order valence-corrected chi connectivity index (χ0v) is 9.78. The molecule has 3 nitrogen and oxygen atoms in total. The van der Waals surface area contributed by atoms with Crippen LogP contribution in [0.2, 0.25) is 0 Å². The minimum Gasteiger partial charge on any atom is -0.514 e. The SMILES string of the molecule is CCCCCCCCCC(O)C(N)=CO. The molecule has 4 N–H and O–H groups in total. The lowest BCUT2D eigenvalue weighted by Gasteiger charge is -2.09. The van der Waals surface area contributed by atoms with Gasteiger partial charge in [0.1, 0.15) is 6.26 Å². The first-order valence-corrected chi connectivity index (χ1v) is 6.00. The molecule has 0 bridgehead atoms. The van der Waals surface area contributed by atoms with Crippen molar-refractivity contribution in [3.8, 4) is 0 Å². The summed E-state index contributed by atoms with van der Waals surface area (Å²) in [4.78, 5) is 0. The zero-order chi connectivity index (χ0) is 11.5.